The van der Waals surface area contributed by atoms with Gasteiger partial charge in [-0.1, -0.05) is 75.7 Å². The van der Waals surface area contributed by atoms with Crippen molar-refractivity contribution >= 4 is 11.9 Å². The molecule has 0 unspecified atom stereocenters. The highest BCUT2D eigenvalue weighted by Crippen LogP contribution is 2.30. The topological polar surface area (TPSA) is 101 Å². The Hall–Kier alpha value is -3.55. The van der Waals surface area contributed by atoms with Gasteiger partial charge in [-0.15, -0.1) is 5.10 Å². The Bertz CT molecular complexity index is 1060. The standard InChI is InChI=1S/C26H33N5O3/c1-5-6-11-24(32)31(23(18(2)3)16-25(33)34-4)17-19-12-14-20(15-13-19)21-9-7-8-10-22(21)26-27-29-30-28-26/h7-10,12-15,18,23H,5-6,11,16-17H2,1-4H3,(H,27,28,29,30)/t23-/m1/s1. The van der Waals surface area contributed by atoms with Crippen molar-refractivity contribution in [2.75, 3.05) is 7.11 Å². The maximum atomic E-state index is 13.1. The molecule has 3 aromatic rings. The lowest BCUT2D eigenvalue weighted by Gasteiger charge is -2.34. The number of unbranched alkanes of at least 4 members (excludes halogenated alkanes) is 1. The first-order valence-corrected chi connectivity index (χ1v) is 11.7. The number of hydrogen-bond donors (Lipinski definition) is 1. The van der Waals surface area contributed by atoms with E-state index in [4.69, 9.17) is 4.74 Å². The molecule has 0 fully saturated rings. The molecule has 0 aliphatic rings. The van der Waals surface area contributed by atoms with Crippen LogP contribution >= 0.6 is 0 Å². The van der Waals surface area contributed by atoms with E-state index in [1.807, 2.05) is 67.3 Å². The number of tetrazole rings is 1. The summed E-state index contributed by atoms with van der Waals surface area (Å²) in [5, 5.41) is 14.2. The van der Waals surface area contributed by atoms with E-state index in [0.717, 1.165) is 35.1 Å². The quantitative estimate of drug-likeness (QED) is 0.416. The number of esters is 1. The van der Waals surface area contributed by atoms with Crippen molar-refractivity contribution in [3.8, 4) is 22.5 Å². The Morgan fingerprint density at radius 2 is 1.76 bits per heavy atom. The number of methoxy groups -OCH3 is 1. The van der Waals surface area contributed by atoms with Crippen molar-refractivity contribution in [3.63, 3.8) is 0 Å². The van der Waals surface area contributed by atoms with Crippen molar-refractivity contribution in [2.45, 2.75) is 59.0 Å². The number of nitrogens with one attached hydrogen (secondary N) is 1. The average Bonchev–Trinajstić information content (AvgIpc) is 3.39. The molecule has 0 spiro atoms. The van der Waals surface area contributed by atoms with E-state index in [1.165, 1.54) is 7.11 Å². The van der Waals surface area contributed by atoms with Gasteiger partial charge >= 0.3 is 5.97 Å². The molecule has 8 heteroatoms. The third kappa shape index (κ3) is 6.27. The van der Waals surface area contributed by atoms with E-state index < -0.39 is 0 Å². The molecular formula is C26H33N5O3. The van der Waals surface area contributed by atoms with Gasteiger partial charge in [-0.05, 0) is 39.5 Å². The molecule has 0 bridgehead atoms. The lowest BCUT2D eigenvalue weighted by molar-refractivity contribution is -0.145. The summed E-state index contributed by atoms with van der Waals surface area (Å²) in [6.07, 6.45) is 2.42. The molecule has 3 rings (SSSR count). The van der Waals surface area contributed by atoms with Crippen molar-refractivity contribution in [1.29, 1.82) is 0 Å². The first-order valence-electron chi connectivity index (χ1n) is 11.7. The fourth-order valence-corrected chi connectivity index (χ4v) is 4.02. The first kappa shape index (κ1) is 25.1. The van der Waals surface area contributed by atoms with Crippen molar-refractivity contribution < 1.29 is 14.3 Å². The molecule has 1 aromatic heterocycles. The summed E-state index contributed by atoms with van der Waals surface area (Å²) in [4.78, 5) is 27.1. The zero-order chi connectivity index (χ0) is 24.5. The number of aromatic amines is 1. The van der Waals surface area contributed by atoms with Gasteiger partial charge in [0.2, 0.25) is 5.91 Å². The number of hydrogen-bond acceptors (Lipinski definition) is 6. The van der Waals surface area contributed by atoms with E-state index in [1.54, 1.807) is 0 Å². The Morgan fingerprint density at radius 3 is 2.35 bits per heavy atom. The van der Waals surface area contributed by atoms with Crippen LogP contribution < -0.4 is 0 Å². The van der Waals surface area contributed by atoms with E-state index in [9.17, 15) is 9.59 Å². The molecule has 0 saturated carbocycles. The summed E-state index contributed by atoms with van der Waals surface area (Å²) < 4.78 is 4.91. The second-order valence-corrected chi connectivity index (χ2v) is 8.71. The summed E-state index contributed by atoms with van der Waals surface area (Å²) in [7, 11) is 1.38. The van der Waals surface area contributed by atoms with Gasteiger partial charge < -0.3 is 9.64 Å². The van der Waals surface area contributed by atoms with Gasteiger partial charge in [-0.2, -0.15) is 0 Å². The number of rotatable bonds is 11. The Labute approximate surface area is 200 Å². The van der Waals surface area contributed by atoms with Crippen molar-refractivity contribution in [2.24, 2.45) is 5.92 Å². The van der Waals surface area contributed by atoms with Crippen LogP contribution in [0.5, 0.6) is 0 Å². The van der Waals surface area contributed by atoms with Crippen LogP contribution in [0.2, 0.25) is 0 Å². The molecule has 0 radical (unpaired) electrons. The van der Waals surface area contributed by atoms with Gasteiger partial charge in [-0.25, -0.2) is 5.10 Å². The van der Waals surface area contributed by atoms with Crippen LogP contribution in [0.15, 0.2) is 48.5 Å². The summed E-state index contributed by atoms with van der Waals surface area (Å²) in [5.74, 6) is 0.485. The number of carbonyl (C=O) groups excluding carboxylic acids is 2. The lowest BCUT2D eigenvalue weighted by Crippen LogP contribution is -2.44. The molecular weight excluding hydrogens is 430 g/mol. The van der Waals surface area contributed by atoms with E-state index in [-0.39, 0.29) is 30.3 Å². The van der Waals surface area contributed by atoms with Crippen LogP contribution in [0.25, 0.3) is 22.5 Å². The van der Waals surface area contributed by atoms with Crippen LogP contribution in [0, 0.1) is 5.92 Å². The molecule has 34 heavy (non-hydrogen) atoms. The minimum Gasteiger partial charge on any atom is -0.469 e. The molecule has 0 saturated heterocycles. The summed E-state index contributed by atoms with van der Waals surface area (Å²) >= 11 is 0. The molecule has 0 aliphatic heterocycles. The smallest absolute Gasteiger partial charge is 0.307 e. The monoisotopic (exact) mass is 463 g/mol. The predicted octanol–water partition coefficient (Wildman–Crippen LogP) is 4.64. The Balaban J connectivity index is 1.86. The molecule has 2 aromatic carbocycles. The maximum absolute atomic E-state index is 13.1. The molecule has 1 heterocycles. The van der Waals surface area contributed by atoms with Crippen LogP contribution in [0.3, 0.4) is 0 Å². The second kappa shape index (κ2) is 12.1. The SMILES string of the molecule is CCCCC(=O)N(Cc1ccc(-c2ccccc2-c2nnn[nH]2)cc1)[C@H](CC(=O)OC)C(C)C. The van der Waals surface area contributed by atoms with Gasteiger partial charge in [0.15, 0.2) is 5.82 Å². The number of benzene rings is 2. The lowest BCUT2D eigenvalue weighted by atomic mass is 9.96. The first-order chi connectivity index (χ1) is 16.4. The molecule has 8 nitrogen and oxygen atoms in total. The van der Waals surface area contributed by atoms with Gasteiger partial charge in [0.05, 0.1) is 13.5 Å². The molecule has 0 aliphatic carbocycles. The van der Waals surface area contributed by atoms with Gasteiger partial charge in [0.25, 0.3) is 0 Å². The number of carbonyl (C=O) groups is 2. The maximum Gasteiger partial charge on any atom is 0.307 e. The van der Waals surface area contributed by atoms with E-state index in [2.05, 4.69) is 27.5 Å². The van der Waals surface area contributed by atoms with E-state index in [0.29, 0.717) is 18.8 Å². The van der Waals surface area contributed by atoms with Gasteiger partial charge in [0.1, 0.15) is 0 Å². The van der Waals surface area contributed by atoms with Crippen molar-refractivity contribution in [1.82, 2.24) is 25.5 Å². The number of H-pyrrole nitrogens is 1. The highest BCUT2D eigenvalue weighted by atomic mass is 16.5. The van der Waals surface area contributed by atoms with Gasteiger partial charge in [0, 0.05) is 24.6 Å². The largest absolute Gasteiger partial charge is 0.469 e. The highest BCUT2D eigenvalue weighted by molar-refractivity contribution is 5.80. The Morgan fingerprint density at radius 1 is 1.06 bits per heavy atom. The summed E-state index contributed by atoms with van der Waals surface area (Å²) in [5.41, 5.74) is 3.95. The second-order valence-electron chi connectivity index (χ2n) is 8.71. The fourth-order valence-electron chi connectivity index (χ4n) is 4.02. The molecule has 1 atom stereocenters. The van der Waals surface area contributed by atoms with Crippen LogP contribution in [0.1, 0.15) is 52.0 Å². The fraction of sp³-hybridized carbons (Fsp3) is 0.423. The zero-order valence-corrected chi connectivity index (χ0v) is 20.3. The third-order valence-electron chi connectivity index (χ3n) is 5.98. The number of ether oxygens (including phenoxy) is 1. The highest BCUT2D eigenvalue weighted by Gasteiger charge is 2.28. The summed E-state index contributed by atoms with van der Waals surface area (Å²) in [6.45, 7) is 6.58. The van der Waals surface area contributed by atoms with Crippen molar-refractivity contribution in [3.05, 3.63) is 54.1 Å². The van der Waals surface area contributed by atoms with Gasteiger partial charge in [-0.3, -0.25) is 9.59 Å². The van der Waals surface area contributed by atoms with Crippen LogP contribution in [0.4, 0.5) is 0 Å². The zero-order valence-electron chi connectivity index (χ0n) is 20.3. The molecule has 1 N–H and O–H groups in total. The minimum absolute atomic E-state index is 0.0664. The number of aromatic nitrogens is 4. The average molecular weight is 464 g/mol. The minimum atomic E-state index is -0.305. The molecule has 180 valence electrons. The van der Waals surface area contributed by atoms with E-state index >= 15 is 0 Å². The predicted molar refractivity (Wildman–Crippen MR) is 130 cm³/mol. The Kier molecular flexibility index (Phi) is 8.90. The third-order valence-corrected chi connectivity index (χ3v) is 5.98. The summed E-state index contributed by atoms with van der Waals surface area (Å²) in [6, 6.07) is 15.8. The number of amides is 1. The number of nitrogens with zero attached hydrogens (tertiary/aromatic N) is 4. The van der Waals surface area contributed by atoms with Crippen LogP contribution in [-0.2, 0) is 20.9 Å². The normalized spacial score (nSPS) is 11.9. The van der Waals surface area contributed by atoms with Crippen LogP contribution in [-0.4, -0.2) is 50.6 Å². The molecule has 1 amide bonds.